The molecule has 0 spiro atoms. The molecule has 1 heterocycles. The molecule has 3 atom stereocenters. The number of nitrogens with two attached hydrogens (primary N) is 1. The molecular formula is C14H25ClN4O. The van der Waals surface area contributed by atoms with Crippen molar-refractivity contribution in [2.24, 2.45) is 18.7 Å². The van der Waals surface area contributed by atoms with Gasteiger partial charge in [-0.05, 0) is 32.6 Å². The van der Waals surface area contributed by atoms with E-state index in [9.17, 15) is 4.79 Å². The number of aryl methyl sites for hydroxylation is 2. The SMILES string of the molecule is Cc1nn(C)cc1C(C)NC(=O)C[C@@H]1CCC[C@H]1N.Cl. The molecule has 1 unspecified atom stereocenters. The van der Waals surface area contributed by atoms with Crippen molar-refractivity contribution >= 4 is 18.3 Å². The first kappa shape index (κ1) is 17.0. The van der Waals surface area contributed by atoms with E-state index in [4.69, 9.17) is 5.73 Å². The number of nitrogens with zero attached hydrogens (tertiary/aromatic N) is 2. The Morgan fingerprint density at radius 2 is 2.30 bits per heavy atom. The second-order valence-electron chi connectivity index (χ2n) is 5.69. The summed E-state index contributed by atoms with van der Waals surface area (Å²) in [6.07, 6.45) is 5.78. The lowest BCUT2D eigenvalue weighted by Crippen LogP contribution is -2.33. The summed E-state index contributed by atoms with van der Waals surface area (Å²) in [4.78, 5) is 12.1. The first-order valence-corrected chi connectivity index (χ1v) is 7.02. The number of amides is 1. The third-order valence-electron chi connectivity index (χ3n) is 4.06. The second-order valence-corrected chi connectivity index (χ2v) is 5.69. The van der Waals surface area contributed by atoms with E-state index in [1.807, 2.05) is 27.1 Å². The zero-order chi connectivity index (χ0) is 14.0. The number of hydrogen-bond donors (Lipinski definition) is 2. The van der Waals surface area contributed by atoms with E-state index in [1.165, 1.54) is 0 Å². The number of halogens is 1. The smallest absolute Gasteiger partial charge is 0.220 e. The lowest BCUT2D eigenvalue weighted by molar-refractivity contribution is -0.122. The minimum absolute atomic E-state index is 0. The summed E-state index contributed by atoms with van der Waals surface area (Å²) < 4.78 is 1.78. The van der Waals surface area contributed by atoms with Crippen LogP contribution in [0.25, 0.3) is 0 Å². The van der Waals surface area contributed by atoms with Crippen LogP contribution in [0.1, 0.15) is 49.9 Å². The summed E-state index contributed by atoms with van der Waals surface area (Å²) in [5.41, 5.74) is 8.04. The maximum Gasteiger partial charge on any atom is 0.220 e. The van der Waals surface area contributed by atoms with Crippen LogP contribution in [0.5, 0.6) is 0 Å². The van der Waals surface area contributed by atoms with Crippen molar-refractivity contribution in [2.45, 2.75) is 51.6 Å². The molecule has 1 fully saturated rings. The zero-order valence-electron chi connectivity index (χ0n) is 12.4. The molecule has 0 radical (unpaired) electrons. The van der Waals surface area contributed by atoms with Gasteiger partial charge in [-0.15, -0.1) is 12.4 Å². The number of aromatic nitrogens is 2. The van der Waals surface area contributed by atoms with Crippen LogP contribution in [-0.2, 0) is 11.8 Å². The van der Waals surface area contributed by atoms with Crippen LogP contribution >= 0.6 is 12.4 Å². The molecule has 1 aromatic rings. The van der Waals surface area contributed by atoms with Crippen molar-refractivity contribution in [1.82, 2.24) is 15.1 Å². The number of rotatable bonds is 4. The maximum atomic E-state index is 12.1. The summed E-state index contributed by atoms with van der Waals surface area (Å²) in [6, 6.07) is 0.194. The molecule has 1 aliphatic carbocycles. The van der Waals surface area contributed by atoms with Gasteiger partial charge in [0, 0.05) is 31.3 Å². The van der Waals surface area contributed by atoms with Crippen molar-refractivity contribution in [2.75, 3.05) is 0 Å². The molecule has 0 bridgehead atoms. The van der Waals surface area contributed by atoms with Crippen molar-refractivity contribution in [3.8, 4) is 0 Å². The van der Waals surface area contributed by atoms with Crippen LogP contribution in [0.15, 0.2) is 6.20 Å². The van der Waals surface area contributed by atoms with E-state index in [1.54, 1.807) is 4.68 Å². The minimum Gasteiger partial charge on any atom is -0.349 e. The highest BCUT2D eigenvalue weighted by molar-refractivity contribution is 5.85. The molecule has 1 amide bonds. The second kappa shape index (κ2) is 7.09. The molecule has 6 heteroatoms. The van der Waals surface area contributed by atoms with Gasteiger partial charge in [-0.3, -0.25) is 9.48 Å². The zero-order valence-corrected chi connectivity index (χ0v) is 13.2. The average molecular weight is 301 g/mol. The molecule has 114 valence electrons. The first-order chi connectivity index (χ1) is 8.97. The molecular weight excluding hydrogens is 276 g/mol. The highest BCUT2D eigenvalue weighted by atomic mass is 35.5. The number of carbonyl (C=O) groups excluding carboxylic acids is 1. The number of carbonyl (C=O) groups is 1. The van der Waals surface area contributed by atoms with Gasteiger partial charge in [-0.1, -0.05) is 6.42 Å². The van der Waals surface area contributed by atoms with E-state index in [-0.39, 0.29) is 30.4 Å². The van der Waals surface area contributed by atoms with Gasteiger partial charge in [0.25, 0.3) is 0 Å². The molecule has 0 saturated heterocycles. The van der Waals surface area contributed by atoms with Crippen molar-refractivity contribution in [1.29, 1.82) is 0 Å². The summed E-state index contributed by atoms with van der Waals surface area (Å²) in [5.74, 6) is 0.445. The normalized spacial score (nSPS) is 23.2. The van der Waals surface area contributed by atoms with Gasteiger partial charge in [-0.2, -0.15) is 5.10 Å². The Bertz CT molecular complexity index is 460. The minimum atomic E-state index is -0.00109. The molecule has 0 aromatic carbocycles. The van der Waals surface area contributed by atoms with Crippen LogP contribution in [-0.4, -0.2) is 21.7 Å². The molecule has 3 N–H and O–H groups in total. The molecule has 20 heavy (non-hydrogen) atoms. The predicted octanol–water partition coefficient (Wildman–Crippen LogP) is 1.85. The Kier molecular flexibility index (Phi) is 6.02. The molecule has 2 rings (SSSR count). The van der Waals surface area contributed by atoms with Gasteiger partial charge >= 0.3 is 0 Å². The van der Waals surface area contributed by atoms with E-state index in [2.05, 4.69) is 10.4 Å². The van der Waals surface area contributed by atoms with Crippen LogP contribution in [0.2, 0.25) is 0 Å². The van der Waals surface area contributed by atoms with Crippen LogP contribution in [0, 0.1) is 12.8 Å². The van der Waals surface area contributed by atoms with E-state index in [0.29, 0.717) is 12.3 Å². The van der Waals surface area contributed by atoms with E-state index >= 15 is 0 Å². The maximum absolute atomic E-state index is 12.1. The average Bonchev–Trinajstić information content (AvgIpc) is 2.85. The van der Waals surface area contributed by atoms with E-state index in [0.717, 1.165) is 30.5 Å². The molecule has 1 aromatic heterocycles. The highest BCUT2D eigenvalue weighted by Crippen LogP contribution is 2.27. The van der Waals surface area contributed by atoms with Gasteiger partial charge < -0.3 is 11.1 Å². The fraction of sp³-hybridized carbons (Fsp3) is 0.714. The largest absolute Gasteiger partial charge is 0.349 e. The van der Waals surface area contributed by atoms with Crippen molar-refractivity contribution < 1.29 is 4.79 Å². The van der Waals surface area contributed by atoms with Crippen molar-refractivity contribution in [3.63, 3.8) is 0 Å². The number of hydrogen-bond acceptors (Lipinski definition) is 3. The Morgan fingerprint density at radius 1 is 1.60 bits per heavy atom. The van der Waals surface area contributed by atoms with Gasteiger partial charge in [0.05, 0.1) is 11.7 Å². The van der Waals surface area contributed by atoms with Crippen molar-refractivity contribution in [3.05, 3.63) is 17.5 Å². The van der Waals surface area contributed by atoms with Gasteiger partial charge in [0.2, 0.25) is 5.91 Å². The van der Waals surface area contributed by atoms with E-state index < -0.39 is 0 Å². The predicted molar refractivity (Wildman–Crippen MR) is 81.7 cm³/mol. The molecule has 5 nitrogen and oxygen atoms in total. The lowest BCUT2D eigenvalue weighted by Gasteiger charge is -2.18. The topological polar surface area (TPSA) is 72.9 Å². The van der Waals surface area contributed by atoms with Crippen LogP contribution in [0.4, 0.5) is 0 Å². The summed E-state index contributed by atoms with van der Waals surface area (Å²) in [5, 5.41) is 7.35. The Labute approximate surface area is 126 Å². The fourth-order valence-corrected chi connectivity index (χ4v) is 2.98. The summed E-state index contributed by atoms with van der Waals surface area (Å²) in [6.45, 7) is 3.96. The highest BCUT2D eigenvalue weighted by Gasteiger charge is 2.26. The summed E-state index contributed by atoms with van der Waals surface area (Å²) in [7, 11) is 1.89. The Morgan fingerprint density at radius 3 is 2.80 bits per heavy atom. The van der Waals surface area contributed by atoms with Gasteiger partial charge in [0.15, 0.2) is 0 Å². The first-order valence-electron chi connectivity index (χ1n) is 7.02. The standard InChI is InChI=1S/C14H24N4O.ClH/c1-9(12-8-18(3)17-10(12)2)16-14(19)7-11-5-4-6-13(11)15;/h8-9,11,13H,4-7,15H2,1-3H3,(H,16,19);1H/t9?,11-,13+;/m0./s1. The third-order valence-corrected chi connectivity index (χ3v) is 4.06. The van der Waals surface area contributed by atoms with Crippen LogP contribution < -0.4 is 11.1 Å². The monoisotopic (exact) mass is 300 g/mol. The lowest BCUT2D eigenvalue weighted by atomic mass is 9.99. The quantitative estimate of drug-likeness (QED) is 0.891. The van der Waals surface area contributed by atoms with Gasteiger partial charge in [-0.25, -0.2) is 0 Å². The van der Waals surface area contributed by atoms with Crippen LogP contribution in [0.3, 0.4) is 0 Å². The Balaban J connectivity index is 0.00000200. The summed E-state index contributed by atoms with van der Waals surface area (Å²) >= 11 is 0. The molecule has 0 aliphatic heterocycles. The molecule has 1 saturated carbocycles. The third kappa shape index (κ3) is 3.96. The molecule has 1 aliphatic rings. The number of nitrogens with one attached hydrogen (secondary N) is 1. The van der Waals surface area contributed by atoms with Gasteiger partial charge in [0.1, 0.15) is 0 Å². The fourth-order valence-electron chi connectivity index (χ4n) is 2.98. The Hall–Kier alpha value is -1.07.